The number of hydrogen-bond acceptors (Lipinski definition) is 6. The number of rotatable bonds is 3. The van der Waals surface area contributed by atoms with Gasteiger partial charge in [-0.25, -0.2) is 5.43 Å². The second-order valence-electron chi connectivity index (χ2n) is 5.59. The van der Waals surface area contributed by atoms with Gasteiger partial charge in [-0.3, -0.25) is 0 Å². The van der Waals surface area contributed by atoms with Crippen molar-refractivity contribution in [1.82, 2.24) is 20.6 Å². The van der Waals surface area contributed by atoms with Crippen LogP contribution < -0.4 is 5.43 Å². The number of aromatic hydroxyl groups is 1. The molecular weight excluding hydrogens is 256 g/mol. The molecule has 0 atom stereocenters. The van der Waals surface area contributed by atoms with Crippen LogP contribution in [0.2, 0.25) is 0 Å². The second-order valence-corrected chi connectivity index (χ2v) is 5.59. The van der Waals surface area contributed by atoms with E-state index in [-0.39, 0.29) is 17.1 Å². The first-order valence-electron chi connectivity index (χ1n) is 6.24. The predicted molar refractivity (Wildman–Crippen MR) is 76.9 cm³/mol. The highest BCUT2D eigenvalue weighted by molar-refractivity contribution is 5.85. The molecule has 0 aliphatic carbocycles. The topological polar surface area (TPSA) is 99.1 Å². The molecule has 3 N–H and O–H groups in total. The van der Waals surface area contributed by atoms with Crippen LogP contribution in [0.3, 0.4) is 0 Å². The zero-order valence-electron chi connectivity index (χ0n) is 12.0. The van der Waals surface area contributed by atoms with Crippen LogP contribution in [0.1, 0.15) is 37.5 Å². The maximum atomic E-state index is 10.1. The first-order chi connectivity index (χ1) is 9.38. The lowest BCUT2D eigenvalue weighted by atomic mass is 9.85. The van der Waals surface area contributed by atoms with Crippen LogP contribution in [0.15, 0.2) is 17.2 Å². The Kier molecular flexibility index (Phi) is 3.69. The first-order valence-corrected chi connectivity index (χ1v) is 6.24. The Hall–Kier alpha value is -2.44. The van der Waals surface area contributed by atoms with Crippen molar-refractivity contribution in [2.24, 2.45) is 5.10 Å². The van der Waals surface area contributed by atoms with Crippen molar-refractivity contribution in [3.8, 4) is 5.75 Å². The van der Waals surface area contributed by atoms with E-state index in [1.165, 1.54) is 6.21 Å². The third kappa shape index (κ3) is 3.11. The second kappa shape index (κ2) is 5.28. The van der Waals surface area contributed by atoms with E-state index in [1.54, 1.807) is 0 Å². The molecule has 0 saturated carbocycles. The quantitative estimate of drug-likeness (QED) is 0.587. The van der Waals surface area contributed by atoms with Gasteiger partial charge < -0.3 is 5.11 Å². The Morgan fingerprint density at radius 2 is 2.10 bits per heavy atom. The zero-order valence-corrected chi connectivity index (χ0v) is 12.0. The molecule has 7 heteroatoms. The van der Waals surface area contributed by atoms with Crippen LogP contribution in [0.4, 0.5) is 5.95 Å². The van der Waals surface area contributed by atoms with Crippen LogP contribution in [0.25, 0.3) is 0 Å². The van der Waals surface area contributed by atoms with Crippen molar-refractivity contribution in [1.29, 1.82) is 0 Å². The highest BCUT2D eigenvalue weighted by Crippen LogP contribution is 2.29. The normalized spacial score (nSPS) is 12.0. The van der Waals surface area contributed by atoms with Crippen molar-refractivity contribution in [3.05, 3.63) is 28.8 Å². The molecule has 1 aromatic heterocycles. The number of benzene rings is 1. The maximum Gasteiger partial charge on any atom is 0.283 e. The number of hydrogen-bond donors (Lipinski definition) is 3. The molecule has 0 spiro atoms. The van der Waals surface area contributed by atoms with E-state index in [0.717, 1.165) is 11.1 Å². The summed E-state index contributed by atoms with van der Waals surface area (Å²) >= 11 is 0. The molecule has 0 aliphatic heterocycles. The summed E-state index contributed by atoms with van der Waals surface area (Å²) in [6, 6.07) is 3.91. The standard InChI is InChI=1S/C13H18N6O/c1-8-5-10(13(2,3)4)6-9(11(8)20)7-14-15-12-16-18-19-17-12/h5-7,20H,1-4H3,(H2,15,16,17,18,19)/b14-7-. The molecule has 1 aromatic carbocycles. The van der Waals surface area contributed by atoms with E-state index < -0.39 is 0 Å². The van der Waals surface area contributed by atoms with Crippen molar-refractivity contribution in [3.63, 3.8) is 0 Å². The van der Waals surface area contributed by atoms with Crippen LogP contribution >= 0.6 is 0 Å². The van der Waals surface area contributed by atoms with E-state index >= 15 is 0 Å². The molecule has 7 nitrogen and oxygen atoms in total. The summed E-state index contributed by atoms with van der Waals surface area (Å²) in [5.74, 6) is 0.487. The Morgan fingerprint density at radius 3 is 2.70 bits per heavy atom. The molecular formula is C13H18N6O. The fourth-order valence-electron chi connectivity index (χ4n) is 1.71. The number of anilines is 1. The minimum atomic E-state index is 0.00213. The number of aryl methyl sites for hydroxylation is 1. The molecule has 2 rings (SSSR count). The van der Waals surface area contributed by atoms with Gasteiger partial charge in [0.05, 0.1) is 6.21 Å². The fraction of sp³-hybridized carbons (Fsp3) is 0.385. The van der Waals surface area contributed by atoms with Crippen LogP contribution in [0, 0.1) is 6.92 Å². The molecule has 0 saturated heterocycles. The Balaban J connectivity index is 2.26. The molecule has 0 unspecified atom stereocenters. The Bertz CT molecular complexity index is 613. The average molecular weight is 274 g/mol. The third-order valence-electron chi connectivity index (χ3n) is 2.91. The smallest absolute Gasteiger partial charge is 0.283 e. The number of aromatic nitrogens is 4. The van der Waals surface area contributed by atoms with Crippen LogP contribution in [-0.4, -0.2) is 31.9 Å². The van der Waals surface area contributed by atoms with Gasteiger partial charge in [0.1, 0.15) is 5.75 Å². The molecule has 0 bridgehead atoms. The van der Waals surface area contributed by atoms with Gasteiger partial charge in [0.25, 0.3) is 5.95 Å². The molecule has 0 aliphatic rings. The summed E-state index contributed by atoms with van der Waals surface area (Å²) in [7, 11) is 0. The first kappa shape index (κ1) is 14.0. The summed E-state index contributed by atoms with van der Waals surface area (Å²) in [6.07, 6.45) is 1.54. The van der Waals surface area contributed by atoms with E-state index in [0.29, 0.717) is 5.56 Å². The van der Waals surface area contributed by atoms with Gasteiger partial charge >= 0.3 is 0 Å². The van der Waals surface area contributed by atoms with Crippen molar-refractivity contribution >= 4 is 12.2 Å². The summed E-state index contributed by atoms with van der Waals surface area (Å²) in [6.45, 7) is 8.24. The lowest BCUT2D eigenvalue weighted by Crippen LogP contribution is -2.12. The molecule has 1 heterocycles. The Morgan fingerprint density at radius 1 is 1.35 bits per heavy atom. The predicted octanol–water partition coefficient (Wildman–Crippen LogP) is 1.96. The molecule has 106 valence electrons. The lowest BCUT2D eigenvalue weighted by Gasteiger charge is -2.20. The number of nitrogens with one attached hydrogen (secondary N) is 2. The minimum absolute atomic E-state index is 0.00213. The molecule has 2 aromatic rings. The van der Waals surface area contributed by atoms with Crippen LogP contribution in [0.5, 0.6) is 5.75 Å². The van der Waals surface area contributed by atoms with Gasteiger partial charge in [-0.2, -0.15) is 10.3 Å². The van der Waals surface area contributed by atoms with Crippen molar-refractivity contribution in [2.45, 2.75) is 33.1 Å². The minimum Gasteiger partial charge on any atom is -0.507 e. The van der Waals surface area contributed by atoms with Crippen molar-refractivity contribution < 1.29 is 5.11 Å². The summed E-state index contributed by atoms with van der Waals surface area (Å²) in [5.41, 5.74) is 5.22. The monoisotopic (exact) mass is 274 g/mol. The van der Waals surface area contributed by atoms with Crippen LogP contribution in [-0.2, 0) is 5.41 Å². The summed E-state index contributed by atoms with van der Waals surface area (Å²) in [5, 5.41) is 27.2. The highest BCUT2D eigenvalue weighted by Gasteiger charge is 2.16. The van der Waals surface area contributed by atoms with Gasteiger partial charge in [-0.1, -0.05) is 31.9 Å². The molecule has 0 radical (unpaired) electrons. The number of phenolic OH excluding ortho intramolecular Hbond substituents is 1. The van der Waals surface area contributed by atoms with Gasteiger partial charge in [-0.05, 0) is 34.7 Å². The van der Waals surface area contributed by atoms with E-state index in [9.17, 15) is 5.11 Å². The zero-order chi connectivity index (χ0) is 14.8. The summed E-state index contributed by atoms with van der Waals surface area (Å²) < 4.78 is 0. The van der Waals surface area contributed by atoms with E-state index in [1.807, 2.05) is 19.1 Å². The van der Waals surface area contributed by atoms with Gasteiger partial charge in [0.2, 0.25) is 0 Å². The van der Waals surface area contributed by atoms with Crippen molar-refractivity contribution in [2.75, 3.05) is 5.43 Å². The largest absolute Gasteiger partial charge is 0.507 e. The van der Waals surface area contributed by atoms with E-state index in [4.69, 9.17) is 0 Å². The average Bonchev–Trinajstić information content (AvgIpc) is 2.86. The van der Waals surface area contributed by atoms with Gasteiger partial charge in [-0.15, -0.1) is 5.10 Å². The Labute approximate surface area is 117 Å². The highest BCUT2D eigenvalue weighted by atomic mass is 16.3. The molecule has 0 amide bonds. The molecule has 0 fully saturated rings. The number of tetrazole rings is 1. The SMILES string of the molecule is Cc1cc(C(C)(C)C)cc(/C=N\Nc2nn[nH]n2)c1O. The molecule has 20 heavy (non-hydrogen) atoms. The number of nitrogens with zero attached hydrogens (tertiary/aromatic N) is 4. The number of hydrazone groups is 1. The number of H-pyrrole nitrogens is 1. The lowest BCUT2D eigenvalue weighted by molar-refractivity contribution is 0.469. The number of phenols is 1. The van der Waals surface area contributed by atoms with E-state index in [2.05, 4.69) is 51.9 Å². The van der Waals surface area contributed by atoms with Gasteiger partial charge in [0, 0.05) is 5.56 Å². The summed E-state index contributed by atoms with van der Waals surface area (Å²) in [4.78, 5) is 0. The maximum absolute atomic E-state index is 10.1. The fourth-order valence-corrected chi connectivity index (χ4v) is 1.71. The number of aromatic amines is 1. The van der Waals surface area contributed by atoms with Gasteiger partial charge in [0.15, 0.2) is 0 Å². The third-order valence-corrected chi connectivity index (χ3v) is 2.91.